The predicted octanol–water partition coefficient (Wildman–Crippen LogP) is 2.46. The normalized spacial score (nSPS) is 29.5. The lowest BCUT2D eigenvalue weighted by atomic mass is 9.80. The summed E-state index contributed by atoms with van der Waals surface area (Å²) in [7, 11) is 0. The van der Waals surface area contributed by atoms with Gasteiger partial charge in [0.15, 0.2) is 0 Å². The van der Waals surface area contributed by atoms with E-state index in [1.54, 1.807) is 6.33 Å². The maximum Gasteiger partial charge on any atom is 0.145 e. The van der Waals surface area contributed by atoms with Gasteiger partial charge < -0.3 is 4.90 Å². The van der Waals surface area contributed by atoms with Gasteiger partial charge in [0, 0.05) is 18.8 Å². The van der Waals surface area contributed by atoms with Crippen LogP contribution in [0.25, 0.3) is 0 Å². The Labute approximate surface area is 103 Å². The number of fused-ring (bicyclic) bond motifs is 3. The van der Waals surface area contributed by atoms with Crippen molar-refractivity contribution in [2.45, 2.75) is 31.7 Å². The van der Waals surface area contributed by atoms with Gasteiger partial charge in [-0.05, 0) is 54.2 Å². The van der Waals surface area contributed by atoms with E-state index in [-0.39, 0.29) is 0 Å². The van der Waals surface area contributed by atoms with E-state index in [1.165, 1.54) is 35.8 Å². The molecule has 1 saturated carbocycles. The maximum atomic E-state index is 4.43. The van der Waals surface area contributed by atoms with E-state index in [4.69, 9.17) is 0 Å². The van der Waals surface area contributed by atoms with Crippen LogP contribution in [0.1, 0.15) is 25.7 Å². The average molecular weight is 315 g/mol. The smallest absolute Gasteiger partial charge is 0.145 e. The van der Waals surface area contributed by atoms with Crippen molar-refractivity contribution in [2.75, 3.05) is 11.4 Å². The van der Waals surface area contributed by atoms with E-state index < -0.39 is 0 Å². The third-order valence-corrected chi connectivity index (χ3v) is 4.39. The second-order valence-corrected chi connectivity index (χ2v) is 5.68. The zero-order valence-electron chi connectivity index (χ0n) is 8.56. The highest BCUT2D eigenvalue weighted by molar-refractivity contribution is 14.1. The molecule has 0 radical (unpaired) electrons. The molecule has 1 aromatic rings. The number of aromatic nitrogens is 2. The quantitative estimate of drug-likeness (QED) is 0.746. The van der Waals surface area contributed by atoms with Crippen LogP contribution in [0.2, 0.25) is 0 Å². The van der Waals surface area contributed by atoms with Gasteiger partial charge >= 0.3 is 0 Å². The van der Waals surface area contributed by atoms with E-state index in [9.17, 15) is 0 Å². The van der Waals surface area contributed by atoms with Gasteiger partial charge in [-0.25, -0.2) is 9.97 Å². The molecule has 0 atom stereocenters. The van der Waals surface area contributed by atoms with Crippen LogP contribution in [-0.4, -0.2) is 22.6 Å². The lowest BCUT2D eigenvalue weighted by Gasteiger charge is -2.46. The van der Waals surface area contributed by atoms with E-state index in [1.807, 2.05) is 6.20 Å². The topological polar surface area (TPSA) is 29.0 Å². The number of anilines is 1. The van der Waals surface area contributed by atoms with Crippen molar-refractivity contribution in [3.05, 3.63) is 16.1 Å². The summed E-state index contributed by atoms with van der Waals surface area (Å²) in [5, 5.41) is 0. The Morgan fingerprint density at radius 1 is 1.27 bits per heavy atom. The number of halogens is 1. The second-order valence-electron chi connectivity index (χ2n) is 4.52. The van der Waals surface area contributed by atoms with Crippen LogP contribution in [0.4, 0.5) is 5.82 Å². The summed E-state index contributed by atoms with van der Waals surface area (Å²) in [5.41, 5.74) is 0. The zero-order chi connectivity index (χ0) is 10.3. The summed E-state index contributed by atoms with van der Waals surface area (Å²) in [6.45, 7) is 1.21. The van der Waals surface area contributed by atoms with Crippen molar-refractivity contribution in [2.24, 2.45) is 5.92 Å². The fourth-order valence-electron chi connectivity index (χ4n) is 2.84. The van der Waals surface area contributed by atoms with Gasteiger partial charge in [-0.15, -0.1) is 0 Å². The van der Waals surface area contributed by atoms with E-state index in [2.05, 4.69) is 37.5 Å². The molecule has 0 amide bonds. The molecule has 3 aliphatic rings. The molecule has 0 N–H and O–H groups in total. The molecule has 80 valence electrons. The predicted molar refractivity (Wildman–Crippen MR) is 67.8 cm³/mol. The van der Waals surface area contributed by atoms with Crippen LogP contribution >= 0.6 is 22.6 Å². The summed E-state index contributed by atoms with van der Waals surface area (Å²) < 4.78 is 1.18. The van der Waals surface area contributed by atoms with Gasteiger partial charge in [0.25, 0.3) is 0 Å². The minimum absolute atomic E-state index is 0.735. The molecule has 2 saturated heterocycles. The molecule has 15 heavy (non-hydrogen) atoms. The first kappa shape index (κ1) is 9.81. The Bertz CT molecular complexity index is 361. The number of hydrogen-bond donors (Lipinski definition) is 0. The SMILES string of the molecule is Ic1cncnc1N1CC2CCC1CC2. The lowest BCUT2D eigenvalue weighted by molar-refractivity contribution is 0.250. The van der Waals surface area contributed by atoms with E-state index >= 15 is 0 Å². The fraction of sp³-hybridized carbons (Fsp3) is 0.636. The number of piperidine rings is 2. The van der Waals surface area contributed by atoms with Crippen molar-refractivity contribution in [1.29, 1.82) is 0 Å². The zero-order valence-corrected chi connectivity index (χ0v) is 10.7. The van der Waals surface area contributed by atoms with Crippen molar-refractivity contribution in [1.82, 2.24) is 9.97 Å². The minimum atomic E-state index is 0.735. The molecule has 4 heteroatoms. The molecule has 3 fully saturated rings. The first-order valence-corrected chi connectivity index (χ1v) is 6.64. The van der Waals surface area contributed by atoms with Crippen molar-refractivity contribution < 1.29 is 0 Å². The molecular formula is C11H14IN3. The van der Waals surface area contributed by atoms with Gasteiger partial charge in [-0.1, -0.05) is 0 Å². The summed E-state index contributed by atoms with van der Waals surface area (Å²) in [5.74, 6) is 2.06. The molecule has 2 aliphatic heterocycles. The average Bonchev–Trinajstić information content (AvgIpc) is 2.31. The van der Waals surface area contributed by atoms with E-state index in [0.717, 1.165) is 17.8 Å². The Kier molecular flexibility index (Phi) is 2.54. The molecular weight excluding hydrogens is 301 g/mol. The Morgan fingerprint density at radius 3 is 2.67 bits per heavy atom. The standard InChI is InChI=1S/C11H14IN3/c12-10-5-13-7-14-11(10)15-6-8-1-3-9(15)4-2-8/h5,7-9H,1-4,6H2. The summed E-state index contributed by atoms with van der Waals surface area (Å²) >= 11 is 2.34. The maximum absolute atomic E-state index is 4.43. The van der Waals surface area contributed by atoms with Crippen LogP contribution in [0.3, 0.4) is 0 Å². The van der Waals surface area contributed by atoms with Gasteiger partial charge in [0.2, 0.25) is 0 Å². The van der Waals surface area contributed by atoms with Crippen LogP contribution in [0, 0.1) is 9.49 Å². The summed E-state index contributed by atoms with van der Waals surface area (Å²) in [6.07, 6.45) is 9.12. The lowest BCUT2D eigenvalue weighted by Crippen LogP contribution is -2.48. The monoisotopic (exact) mass is 315 g/mol. The van der Waals surface area contributed by atoms with Crippen LogP contribution in [0.15, 0.2) is 12.5 Å². The highest BCUT2D eigenvalue weighted by Crippen LogP contribution is 2.37. The van der Waals surface area contributed by atoms with Crippen molar-refractivity contribution in [3.8, 4) is 0 Å². The Morgan fingerprint density at radius 2 is 2.07 bits per heavy atom. The molecule has 0 spiro atoms. The molecule has 2 bridgehead atoms. The fourth-order valence-corrected chi connectivity index (χ4v) is 3.45. The van der Waals surface area contributed by atoms with Gasteiger partial charge in [-0.3, -0.25) is 0 Å². The number of nitrogens with zero attached hydrogens (tertiary/aromatic N) is 3. The Balaban J connectivity index is 1.91. The molecule has 0 unspecified atom stereocenters. The molecule has 3 heterocycles. The summed E-state index contributed by atoms with van der Waals surface area (Å²) in [6, 6.07) is 0.735. The van der Waals surface area contributed by atoms with Crippen molar-refractivity contribution >= 4 is 28.4 Å². The van der Waals surface area contributed by atoms with Crippen LogP contribution in [0.5, 0.6) is 0 Å². The molecule has 0 aromatic carbocycles. The molecule has 1 aromatic heterocycles. The first-order chi connectivity index (χ1) is 7.34. The number of hydrogen-bond acceptors (Lipinski definition) is 3. The summed E-state index contributed by atoms with van der Waals surface area (Å²) in [4.78, 5) is 11.0. The van der Waals surface area contributed by atoms with Crippen LogP contribution < -0.4 is 4.90 Å². The number of rotatable bonds is 1. The molecule has 3 nitrogen and oxygen atoms in total. The largest absolute Gasteiger partial charge is 0.352 e. The highest BCUT2D eigenvalue weighted by atomic mass is 127. The van der Waals surface area contributed by atoms with Gasteiger partial charge in [-0.2, -0.15) is 0 Å². The van der Waals surface area contributed by atoms with Gasteiger partial charge in [0.1, 0.15) is 12.1 Å². The second kappa shape index (κ2) is 3.88. The van der Waals surface area contributed by atoms with Crippen molar-refractivity contribution in [3.63, 3.8) is 0 Å². The van der Waals surface area contributed by atoms with Crippen LogP contribution in [-0.2, 0) is 0 Å². The first-order valence-electron chi connectivity index (χ1n) is 5.57. The Hall–Kier alpha value is -0.390. The van der Waals surface area contributed by atoms with Gasteiger partial charge in [0.05, 0.1) is 3.57 Å². The third kappa shape index (κ3) is 1.73. The molecule has 4 rings (SSSR count). The third-order valence-electron chi connectivity index (χ3n) is 3.63. The molecule has 1 aliphatic carbocycles. The minimum Gasteiger partial charge on any atom is -0.352 e. The van der Waals surface area contributed by atoms with E-state index in [0.29, 0.717) is 0 Å². The highest BCUT2D eigenvalue weighted by Gasteiger charge is 2.34.